The number of aromatic nitrogens is 1. The zero-order valence-electron chi connectivity index (χ0n) is 11.0. The number of nitrogens with one attached hydrogen (secondary N) is 3. The molecule has 1 heterocycles. The van der Waals surface area contributed by atoms with Crippen molar-refractivity contribution in [2.75, 3.05) is 0 Å². The van der Waals surface area contributed by atoms with E-state index in [2.05, 4.69) is 15.0 Å². The highest BCUT2D eigenvalue weighted by molar-refractivity contribution is 7.89. The fourth-order valence-electron chi connectivity index (χ4n) is 2.55. The second-order valence-electron chi connectivity index (χ2n) is 5.62. The monoisotopic (exact) mass is 283 g/mol. The van der Waals surface area contributed by atoms with Crippen LogP contribution in [0.5, 0.6) is 0 Å². The summed E-state index contributed by atoms with van der Waals surface area (Å²) in [6, 6.07) is 2.47. The number of sulfonamides is 1. The molecule has 0 bridgehead atoms. The van der Waals surface area contributed by atoms with Gasteiger partial charge in [0.1, 0.15) is 0 Å². The molecule has 0 amide bonds. The molecule has 3 rings (SSSR count). The molecule has 106 valence electrons. The molecule has 0 aliphatic heterocycles. The fourth-order valence-corrected chi connectivity index (χ4v) is 3.87. The highest BCUT2D eigenvalue weighted by Gasteiger charge is 2.24. The Kier molecular flexibility index (Phi) is 3.64. The van der Waals surface area contributed by atoms with Crippen LogP contribution in [0.25, 0.3) is 0 Å². The molecule has 0 spiro atoms. The second-order valence-corrected chi connectivity index (χ2v) is 7.33. The molecule has 1 aromatic rings. The van der Waals surface area contributed by atoms with Gasteiger partial charge in [0.05, 0.1) is 4.90 Å². The highest BCUT2D eigenvalue weighted by Crippen LogP contribution is 2.21. The van der Waals surface area contributed by atoms with Gasteiger partial charge in [0.15, 0.2) is 0 Å². The van der Waals surface area contributed by atoms with Gasteiger partial charge in [-0.05, 0) is 31.7 Å². The first kappa shape index (κ1) is 13.1. The molecule has 1 aromatic heterocycles. The van der Waals surface area contributed by atoms with Crippen molar-refractivity contribution in [3.63, 3.8) is 0 Å². The highest BCUT2D eigenvalue weighted by atomic mass is 32.2. The third-order valence-corrected chi connectivity index (χ3v) is 5.36. The Morgan fingerprint density at radius 1 is 1.16 bits per heavy atom. The van der Waals surface area contributed by atoms with Gasteiger partial charge in [0.2, 0.25) is 10.0 Å². The van der Waals surface area contributed by atoms with E-state index in [1.165, 1.54) is 12.8 Å². The van der Waals surface area contributed by atoms with Gasteiger partial charge in [-0.1, -0.05) is 12.8 Å². The molecule has 19 heavy (non-hydrogen) atoms. The number of hydrogen-bond donors (Lipinski definition) is 3. The Hall–Kier alpha value is -0.850. The molecular formula is C13H21N3O2S. The predicted molar refractivity (Wildman–Crippen MR) is 73.2 cm³/mol. The molecule has 6 heteroatoms. The molecule has 0 saturated heterocycles. The Labute approximate surface area is 114 Å². The van der Waals surface area contributed by atoms with E-state index >= 15 is 0 Å². The molecule has 0 aromatic carbocycles. The Balaban J connectivity index is 1.62. The summed E-state index contributed by atoms with van der Waals surface area (Å²) in [6.45, 7) is 0.712. The minimum atomic E-state index is -3.35. The van der Waals surface area contributed by atoms with Crippen molar-refractivity contribution < 1.29 is 8.42 Å². The third kappa shape index (κ3) is 3.38. The van der Waals surface area contributed by atoms with Crippen molar-refractivity contribution >= 4 is 10.0 Å². The summed E-state index contributed by atoms with van der Waals surface area (Å²) >= 11 is 0. The number of H-pyrrole nitrogens is 1. The molecule has 0 atom stereocenters. The van der Waals surface area contributed by atoms with Crippen molar-refractivity contribution in [2.24, 2.45) is 0 Å². The van der Waals surface area contributed by atoms with E-state index in [4.69, 9.17) is 0 Å². The van der Waals surface area contributed by atoms with Gasteiger partial charge in [-0.25, -0.2) is 13.1 Å². The van der Waals surface area contributed by atoms with Crippen molar-refractivity contribution in [1.29, 1.82) is 0 Å². The van der Waals surface area contributed by atoms with Crippen LogP contribution in [0.15, 0.2) is 17.2 Å². The molecule has 0 radical (unpaired) electrons. The van der Waals surface area contributed by atoms with Crippen LogP contribution < -0.4 is 10.0 Å². The zero-order valence-corrected chi connectivity index (χ0v) is 11.8. The van der Waals surface area contributed by atoms with E-state index in [0.29, 0.717) is 17.5 Å². The summed E-state index contributed by atoms with van der Waals surface area (Å²) in [7, 11) is -3.35. The molecule has 0 unspecified atom stereocenters. The summed E-state index contributed by atoms with van der Waals surface area (Å²) in [5.74, 6) is 0. The standard InChI is InChI=1S/C13H21N3O2S/c17-19(18,16-11-3-1-2-4-11)13-7-12(15-9-13)8-14-10-5-6-10/h7,9-11,14-16H,1-6,8H2. The summed E-state index contributed by atoms with van der Waals surface area (Å²) in [6.07, 6.45) is 8.21. The van der Waals surface area contributed by atoms with E-state index in [1.54, 1.807) is 12.3 Å². The van der Waals surface area contributed by atoms with Gasteiger partial charge >= 0.3 is 0 Å². The second kappa shape index (κ2) is 5.26. The van der Waals surface area contributed by atoms with Crippen LogP contribution in [0.2, 0.25) is 0 Å². The zero-order chi connectivity index (χ0) is 13.3. The summed E-state index contributed by atoms with van der Waals surface area (Å²) < 4.78 is 27.2. The van der Waals surface area contributed by atoms with E-state index in [9.17, 15) is 8.42 Å². The SMILES string of the molecule is O=S(=O)(NC1CCCC1)c1c[nH]c(CNC2CC2)c1. The lowest BCUT2D eigenvalue weighted by Gasteiger charge is -2.10. The number of rotatable bonds is 6. The normalized spacial score (nSPS) is 21.1. The molecule has 2 fully saturated rings. The van der Waals surface area contributed by atoms with Crippen LogP contribution in [0.1, 0.15) is 44.2 Å². The van der Waals surface area contributed by atoms with E-state index in [-0.39, 0.29) is 6.04 Å². The van der Waals surface area contributed by atoms with Gasteiger partial charge in [0.25, 0.3) is 0 Å². The van der Waals surface area contributed by atoms with Gasteiger partial charge in [-0.15, -0.1) is 0 Å². The van der Waals surface area contributed by atoms with Gasteiger partial charge in [-0.3, -0.25) is 0 Å². The topological polar surface area (TPSA) is 74.0 Å². The first-order chi connectivity index (χ1) is 9.13. The maximum absolute atomic E-state index is 12.2. The fraction of sp³-hybridized carbons (Fsp3) is 0.692. The average Bonchev–Trinajstić information content (AvgIpc) is 2.87. The molecular weight excluding hydrogens is 262 g/mol. The number of aromatic amines is 1. The first-order valence-corrected chi connectivity index (χ1v) is 8.55. The summed E-state index contributed by atoms with van der Waals surface area (Å²) in [5.41, 5.74) is 0.929. The minimum Gasteiger partial charge on any atom is -0.363 e. The van der Waals surface area contributed by atoms with Crippen LogP contribution >= 0.6 is 0 Å². The van der Waals surface area contributed by atoms with Crippen LogP contribution in [0.4, 0.5) is 0 Å². The van der Waals surface area contributed by atoms with Crippen LogP contribution in [0.3, 0.4) is 0 Å². The third-order valence-electron chi connectivity index (χ3n) is 3.86. The lowest BCUT2D eigenvalue weighted by Crippen LogP contribution is -2.32. The van der Waals surface area contributed by atoms with Crippen LogP contribution in [-0.2, 0) is 16.6 Å². The predicted octanol–water partition coefficient (Wildman–Crippen LogP) is 1.49. The van der Waals surface area contributed by atoms with Crippen molar-refractivity contribution in [3.8, 4) is 0 Å². The molecule has 5 nitrogen and oxygen atoms in total. The van der Waals surface area contributed by atoms with E-state index in [0.717, 1.165) is 31.4 Å². The van der Waals surface area contributed by atoms with Crippen molar-refractivity contribution in [1.82, 2.24) is 15.0 Å². The Morgan fingerprint density at radius 2 is 1.89 bits per heavy atom. The average molecular weight is 283 g/mol. The van der Waals surface area contributed by atoms with E-state index in [1.807, 2.05) is 0 Å². The minimum absolute atomic E-state index is 0.118. The number of hydrogen-bond acceptors (Lipinski definition) is 3. The van der Waals surface area contributed by atoms with Crippen molar-refractivity contribution in [3.05, 3.63) is 18.0 Å². The maximum Gasteiger partial charge on any atom is 0.242 e. The maximum atomic E-state index is 12.2. The van der Waals surface area contributed by atoms with Crippen LogP contribution in [0, 0.1) is 0 Å². The first-order valence-electron chi connectivity index (χ1n) is 7.06. The molecule has 2 saturated carbocycles. The molecule has 2 aliphatic rings. The smallest absolute Gasteiger partial charge is 0.242 e. The summed E-state index contributed by atoms with van der Waals surface area (Å²) in [4.78, 5) is 3.39. The Morgan fingerprint density at radius 3 is 2.58 bits per heavy atom. The van der Waals surface area contributed by atoms with Gasteiger partial charge in [0, 0.05) is 30.5 Å². The quantitative estimate of drug-likeness (QED) is 0.740. The van der Waals surface area contributed by atoms with E-state index < -0.39 is 10.0 Å². The largest absolute Gasteiger partial charge is 0.363 e. The lowest BCUT2D eigenvalue weighted by atomic mass is 10.3. The van der Waals surface area contributed by atoms with Gasteiger partial charge < -0.3 is 10.3 Å². The van der Waals surface area contributed by atoms with Crippen LogP contribution in [-0.4, -0.2) is 25.5 Å². The van der Waals surface area contributed by atoms with Crippen molar-refractivity contribution in [2.45, 2.75) is 62.0 Å². The molecule has 3 N–H and O–H groups in total. The lowest BCUT2D eigenvalue weighted by molar-refractivity contribution is 0.552. The Bertz CT molecular complexity index is 528. The molecule has 2 aliphatic carbocycles. The summed E-state index contributed by atoms with van der Waals surface area (Å²) in [5, 5.41) is 3.36. The van der Waals surface area contributed by atoms with Gasteiger partial charge in [-0.2, -0.15) is 0 Å².